The molecule has 1 saturated heterocycles. The molecule has 1 saturated carbocycles. The van der Waals surface area contributed by atoms with Crippen molar-refractivity contribution >= 4 is 11.7 Å². The molecule has 148 valence electrons. The monoisotopic (exact) mass is 382 g/mol. The SMILES string of the molecule is CCc1c(-c2ccc(N3CC4[C@H](CC[C@H]4C)C3)cc2)[nH]c(=O)c(C(=O)O)c1O. The molecule has 28 heavy (non-hydrogen) atoms. The Labute approximate surface area is 163 Å². The van der Waals surface area contributed by atoms with E-state index < -0.39 is 22.8 Å². The van der Waals surface area contributed by atoms with E-state index in [2.05, 4.69) is 16.8 Å². The maximum atomic E-state index is 12.2. The Hall–Kier alpha value is -2.76. The number of hydrogen-bond donors (Lipinski definition) is 3. The third kappa shape index (κ3) is 2.97. The van der Waals surface area contributed by atoms with Gasteiger partial charge >= 0.3 is 5.97 Å². The van der Waals surface area contributed by atoms with Gasteiger partial charge in [0, 0.05) is 24.3 Å². The normalized spacial score (nSPS) is 23.8. The molecule has 6 heteroatoms. The maximum absolute atomic E-state index is 12.2. The van der Waals surface area contributed by atoms with E-state index in [1.54, 1.807) is 0 Å². The molecule has 0 bridgehead atoms. The standard InChI is InChI=1S/C22H26N2O4/c1-3-16-19(23-21(26)18(20(16)25)22(27)28)13-6-8-15(9-7-13)24-10-14-5-4-12(2)17(14)11-24/h6-9,12,14,17H,3-5,10-11H2,1-2H3,(H,27,28)(H2,23,25,26)/t12-,14-,17?/m1/s1. The molecule has 3 N–H and O–H groups in total. The lowest BCUT2D eigenvalue weighted by atomic mass is 9.94. The number of pyridine rings is 1. The second kappa shape index (κ2) is 7.00. The average Bonchev–Trinajstić information content (AvgIpc) is 3.23. The number of aromatic hydroxyl groups is 1. The number of rotatable bonds is 4. The van der Waals surface area contributed by atoms with Gasteiger partial charge < -0.3 is 20.1 Å². The predicted octanol–water partition coefficient (Wildman–Crippen LogP) is 3.49. The first-order valence-electron chi connectivity index (χ1n) is 9.97. The van der Waals surface area contributed by atoms with Gasteiger partial charge in [0.05, 0.1) is 5.69 Å². The average molecular weight is 382 g/mol. The number of nitrogens with zero attached hydrogens (tertiary/aromatic N) is 1. The molecule has 0 amide bonds. The van der Waals surface area contributed by atoms with Gasteiger partial charge in [-0.15, -0.1) is 0 Å². The second-order valence-corrected chi connectivity index (χ2v) is 8.12. The van der Waals surface area contributed by atoms with E-state index in [9.17, 15) is 19.8 Å². The van der Waals surface area contributed by atoms with Crippen molar-refractivity contribution in [3.05, 3.63) is 45.7 Å². The molecule has 1 unspecified atom stereocenters. The van der Waals surface area contributed by atoms with Gasteiger partial charge in [0.2, 0.25) is 0 Å². The number of anilines is 1. The zero-order valence-corrected chi connectivity index (χ0v) is 16.2. The van der Waals surface area contributed by atoms with Gasteiger partial charge in [-0.3, -0.25) is 4.79 Å². The Morgan fingerprint density at radius 2 is 1.93 bits per heavy atom. The summed E-state index contributed by atoms with van der Waals surface area (Å²) in [6.07, 6.45) is 3.06. The minimum atomic E-state index is -1.43. The summed E-state index contributed by atoms with van der Waals surface area (Å²) >= 11 is 0. The second-order valence-electron chi connectivity index (χ2n) is 8.12. The first kappa shape index (κ1) is 18.6. The summed E-state index contributed by atoms with van der Waals surface area (Å²) in [6.45, 7) is 6.37. The Bertz CT molecular complexity index is 964. The highest BCUT2D eigenvalue weighted by atomic mass is 16.4. The molecular weight excluding hydrogens is 356 g/mol. The highest BCUT2D eigenvalue weighted by molar-refractivity contribution is 5.92. The van der Waals surface area contributed by atoms with Crippen molar-refractivity contribution in [2.24, 2.45) is 17.8 Å². The summed E-state index contributed by atoms with van der Waals surface area (Å²) in [6, 6.07) is 7.94. The molecule has 1 aliphatic carbocycles. The maximum Gasteiger partial charge on any atom is 0.345 e. The lowest BCUT2D eigenvalue weighted by Crippen LogP contribution is -2.22. The zero-order chi connectivity index (χ0) is 20.0. The molecule has 0 spiro atoms. The third-order valence-electron chi connectivity index (χ3n) is 6.59. The van der Waals surface area contributed by atoms with Crippen LogP contribution in [0.1, 0.15) is 42.6 Å². The number of benzene rings is 1. The number of aromatic amines is 1. The van der Waals surface area contributed by atoms with Crippen molar-refractivity contribution in [2.45, 2.75) is 33.1 Å². The van der Waals surface area contributed by atoms with Crippen LogP contribution in [0.5, 0.6) is 5.75 Å². The molecule has 2 aliphatic rings. The number of carbonyl (C=O) groups is 1. The fourth-order valence-corrected chi connectivity index (χ4v) is 5.00. The smallest absolute Gasteiger partial charge is 0.345 e. The summed E-state index contributed by atoms with van der Waals surface area (Å²) < 4.78 is 0. The molecule has 1 aliphatic heterocycles. The summed E-state index contributed by atoms with van der Waals surface area (Å²) in [5.41, 5.74) is 1.45. The number of aromatic carboxylic acids is 1. The van der Waals surface area contributed by atoms with Crippen molar-refractivity contribution in [1.82, 2.24) is 4.98 Å². The van der Waals surface area contributed by atoms with Crippen molar-refractivity contribution in [3.63, 3.8) is 0 Å². The molecule has 4 rings (SSSR count). The van der Waals surface area contributed by atoms with E-state index in [1.165, 1.54) is 12.8 Å². The molecule has 2 aromatic rings. The van der Waals surface area contributed by atoms with Crippen molar-refractivity contribution < 1.29 is 15.0 Å². The Morgan fingerprint density at radius 1 is 1.21 bits per heavy atom. The van der Waals surface area contributed by atoms with E-state index in [4.69, 9.17) is 0 Å². The molecular formula is C22H26N2O4. The van der Waals surface area contributed by atoms with Crippen LogP contribution >= 0.6 is 0 Å². The van der Waals surface area contributed by atoms with Crippen LogP contribution in [0.25, 0.3) is 11.3 Å². The minimum Gasteiger partial charge on any atom is -0.506 e. The lowest BCUT2D eigenvalue weighted by molar-refractivity contribution is 0.0691. The van der Waals surface area contributed by atoms with Gasteiger partial charge in [-0.05, 0) is 48.3 Å². The molecule has 1 aromatic carbocycles. The van der Waals surface area contributed by atoms with Crippen LogP contribution in [0, 0.1) is 17.8 Å². The number of carboxylic acid groups (broad SMARTS) is 1. The van der Waals surface area contributed by atoms with Crippen molar-refractivity contribution in [3.8, 4) is 17.0 Å². The Balaban J connectivity index is 1.65. The summed E-state index contributed by atoms with van der Waals surface area (Å²) in [5.74, 6) is 0.493. The molecule has 2 heterocycles. The molecule has 2 fully saturated rings. The Kier molecular flexibility index (Phi) is 4.65. The highest BCUT2D eigenvalue weighted by Crippen LogP contribution is 2.43. The van der Waals surface area contributed by atoms with Crippen molar-refractivity contribution in [1.29, 1.82) is 0 Å². The molecule has 6 nitrogen and oxygen atoms in total. The van der Waals surface area contributed by atoms with Crippen molar-refractivity contribution in [2.75, 3.05) is 18.0 Å². The quantitative estimate of drug-likeness (QED) is 0.753. The number of carboxylic acids is 1. The van der Waals surface area contributed by atoms with Gasteiger partial charge in [-0.25, -0.2) is 4.79 Å². The van der Waals surface area contributed by atoms with E-state index in [1.807, 2.05) is 31.2 Å². The topological polar surface area (TPSA) is 93.6 Å². The van der Waals surface area contributed by atoms with Crippen LogP contribution in [-0.4, -0.2) is 34.3 Å². The number of aromatic nitrogens is 1. The van der Waals surface area contributed by atoms with E-state index >= 15 is 0 Å². The van der Waals surface area contributed by atoms with Gasteiger partial charge in [0.15, 0.2) is 5.56 Å². The van der Waals surface area contributed by atoms with Gasteiger partial charge in [0.25, 0.3) is 5.56 Å². The molecule has 1 aromatic heterocycles. The van der Waals surface area contributed by atoms with Gasteiger partial charge in [-0.1, -0.05) is 32.4 Å². The van der Waals surface area contributed by atoms with Gasteiger partial charge in [0.1, 0.15) is 5.75 Å². The molecule has 3 atom stereocenters. The molecule has 0 radical (unpaired) electrons. The summed E-state index contributed by atoms with van der Waals surface area (Å²) in [4.78, 5) is 28.5. The fraction of sp³-hybridized carbons (Fsp3) is 0.455. The number of nitrogens with one attached hydrogen (secondary N) is 1. The first-order chi connectivity index (χ1) is 13.4. The van der Waals surface area contributed by atoms with E-state index in [0.29, 0.717) is 17.7 Å². The van der Waals surface area contributed by atoms with Crippen LogP contribution in [0.3, 0.4) is 0 Å². The van der Waals surface area contributed by atoms with E-state index in [-0.39, 0.29) is 0 Å². The Morgan fingerprint density at radius 3 is 2.54 bits per heavy atom. The third-order valence-corrected chi connectivity index (χ3v) is 6.59. The van der Waals surface area contributed by atoms with E-state index in [0.717, 1.165) is 42.1 Å². The largest absolute Gasteiger partial charge is 0.506 e. The summed E-state index contributed by atoms with van der Waals surface area (Å²) in [5, 5.41) is 19.5. The number of hydrogen-bond acceptors (Lipinski definition) is 4. The lowest BCUT2D eigenvalue weighted by Gasteiger charge is -2.21. The zero-order valence-electron chi connectivity index (χ0n) is 16.2. The fourth-order valence-electron chi connectivity index (χ4n) is 5.00. The van der Waals surface area contributed by atoms with Gasteiger partial charge in [-0.2, -0.15) is 0 Å². The number of H-pyrrole nitrogens is 1. The van der Waals surface area contributed by atoms with Crippen LogP contribution < -0.4 is 10.5 Å². The van der Waals surface area contributed by atoms with Crippen LogP contribution in [0.2, 0.25) is 0 Å². The minimum absolute atomic E-state index is 0.410. The number of fused-ring (bicyclic) bond motifs is 1. The van der Waals surface area contributed by atoms with Crippen LogP contribution in [0.4, 0.5) is 5.69 Å². The first-order valence-corrected chi connectivity index (χ1v) is 9.97. The highest BCUT2D eigenvalue weighted by Gasteiger charge is 2.40. The summed E-state index contributed by atoms with van der Waals surface area (Å²) in [7, 11) is 0. The van der Waals surface area contributed by atoms with Crippen LogP contribution in [-0.2, 0) is 6.42 Å². The van der Waals surface area contributed by atoms with Crippen LogP contribution in [0.15, 0.2) is 29.1 Å². The predicted molar refractivity (Wildman–Crippen MR) is 108 cm³/mol.